The Bertz CT molecular complexity index is 709. The Labute approximate surface area is 148 Å². The zero-order valence-corrected chi connectivity index (χ0v) is 15.1. The summed E-state index contributed by atoms with van der Waals surface area (Å²) in [6, 6.07) is 3.88. The molecule has 0 unspecified atom stereocenters. The number of benzene rings is 1. The number of anilines is 1. The van der Waals surface area contributed by atoms with Crippen molar-refractivity contribution in [3.63, 3.8) is 0 Å². The van der Waals surface area contributed by atoms with Crippen molar-refractivity contribution < 1.29 is 9.47 Å². The maximum atomic E-state index is 5.64. The topological polar surface area (TPSA) is 76.7 Å². The van der Waals surface area contributed by atoms with E-state index in [4.69, 9.17) is 15.2 Å². The summed E-state index contributed by atoms with van der Waals surface area (Å²) in [5.74, 6) is 2.35. The average molecular weight is 345 g/mol. The first-order valence-corrected chi connectivity index (χ1v) is 8.81. The lowest BCUT2D eigenvalue weighted by molar-refractivity contribution is 0.291. The molecule has 1 aromatic heterocycles. The molecule has 2 heterocycles. The molecule has 0 saturated carbocycles. The minimum absolute atomic E-state index is 0.684. The van der Waals surface area contributed by atoms with Crippen molar-refractivity contribution in [3.05, 3.63) is 18.5 Å². The van der Waals surface area contributed by atoms with Gasteiger partial charge in [-0.05, 0) is 38.5 Å². The number of hydrogen-bond acceptors (Lipinski definition) is 7. The second kappa shape index (κ2) is 8.31. The van der Waals surface area contributed by atoms with Crippen LogP contribution in [0.1, 0.15) is 12.8 Å². The number of fused-ring (bicyclic) bond motifs is 1. The van der Waals surface area contributed by atoms with Gasteiger partial charge in [0.05, 0.1) is 19.7 Å². The number of nitrogens with two attached hydrogens (primary N) is 1. The van der Waals surface area contributed by atoms with E-state index in [1.165, 1.54) is 0 Å². The number of ether oxygens (including phenoxy) is 2. The molecule has 25 heavy (non-hydrogen) atoms. The Balaban J connectivity index is 1.87. The Morgan fingerprint density at radius 1 is 1.04 bits per heavy atom. The lowest BCUT2D eigenvalue weighted by atomic mass is 10.2. The van der Waals surface area contributed by atoms with E-state index in [2.05, 4.69) is 19.8 Å². The minimum Gasteiger partial charge on any atom is -0.493 e. The van der Waals surface area contributed by atoms with Gasteiger partial charge in [0.2, 0.25) is 0 Å². The summed E-state index contributed by atoms with van der Waals surface area (Å²) >= 11 is 0. The van der Waals surface area contributed by atoms with Crippen LogP contribution in [0.4, 0.5) is 5.82 Å². The fraction of sp³-hybridized carbons (Fsp3) is 0.556. The molecular weight excluding hydrogens is 318 g/mol. The van der Waals surface area contributed by atoms with Crippen molar-refractivity contribution >= 4 is 16.7 Å². The van der Waals surface area contributed by atoms with Gasteiger partial charge in [-0.25, -0.2) is 9.97 Å². The molecule has 0 spiro atoms. The first-order valence-electron chi connectivity index (χ1n) is 8.81. The van der Waals surface area contributed by atoms with Crippen LogP contribution in [0.3, 0.4) is 0 Å². The molecule has 7 heteroatoms. The average Bonchev–Trinajstić information content (AvgIpc) is 2.90. The van der Waals surface area contributed by atoms with Gasteiger partial charge in [-0.15, -0.1) is 0 Å². The van der Waals surface area contributed by atoms with Gasteiger partial charge in [0.1, 0.15) is 12.1 Å². The smallest absolute Gasteiger partial charge is 0.162 e. The van der Waals surface area contributed by atoms with E-state index in [1.807, 2.05) is 12.1 Å². The van der Waals surface area contributed by atoms with Crippen LogP contribution >= 0.6 is 0 Å². The largest absolute Gasteiger partial charge is 0.493 e. The molecule has 1 saturated heterocycles. The molecule has 1 aliphatic heterocycles. The third kappa shape index (κ3) is 3.93. The summed E-state index contributed by atoms with van der Waals surface area (Å²) in [6.07, 6.45) is 3.79. The standard InChI is InChI=1S/C18H27N5O2/c1-24-16-11-14-15(12-17(16)25-2)20-13-21-18(14)23-8-4-7-22(9-10-23)6-3-5-19/h11-13H,3-10,19H2,1-2H3. The summed E-state index contributed by atoms with van der Waals surface area (Å²) in [5.41, 5.74) is 6.51. The molecule has 1 aromatic carbocycles. The monoisotopic (exact) mass is 345 g/mol. The van der Waals surface area contributed by atoms with Gasteiger partial charge >= 0.3 is 0 Å². The van der Waals surface area contributed by atoms with Gasteiger partial charge in [-0.2, -0.15) is 0 Å². The summed E-state index contributed by atoms with van der Waals surface area (Å²) in [6.45, 7) is 5.89. The Hall–Kier alpha value is -2.12. The SMILES string of the molecule is COc1cc2ncnc(N3CCCN(CCCN)CC3)c2cc1OC. The number of methoxy groups -OCH3 is 2. The van der Waals surface area contributed by atoms with E-state index in [9.17, 15) is 0 Å². The lowest BCUT2D eigenvalue weighted by Gasteiger charge is -2.24. The van der Waals surface area contributed by atoms with E-state index in [1.54, 1.807) is 20.5 Å². The molecule has 0 amide bonds. The summed E-state index contributed by atoms with van der Waals surface area (Å²) in [4.78, 5) is 13.8. The zero-order chi connectivity index (χ0) is 17.6. The maximum Gasteiger partial charge on any atom is 0.162 e. The molecule has 0 atom stereocenters. The van der Waals surface area contributed by atoms with Gasteiger partial charge < -0.3 is 25.0 Å². The first kappa shape index (κ1) is 17.7. The van der Waals surface area contributed by atoms with Crippen LogP contribution in [0.25, 0.3) is 10.9 Å². The highest BCUT2D eigenvalue weighted by Crippen LogP contribution is 2.34. The second-order valence-corrected chi connectivity index (χ2v) is 6.25. The van der Waals surface area contributed by atoms with Crippen LogP contribution in [-0.2, 0) is 0 Å². The number of aromatic nitrogens is 2. The molecule has 1 fully saturated rings. The number of nitrogens with zero attached hydrogens (tertiary/aromatic N) is 4. The van der Waals surface area contributed by atoms with Gasteiger partial charge in [0, 0.05) is 31.1 Å². The predicted octanol–water partition coefficient (Wildman–Crippen LogP) is 1.51. The molecule has 7 nitrogen and oxygen atoms in total. The van der Waals surface area contributed by atoms with Crippen LogP contribution < -0.4 is 20.1 Å². The molecule has 1 aliphatic rings. The Morgan fingerprint density at radius 3 is 2.60 bits per heavy atom. The van der Waals surface area contributed by atoms with Crippen molar-refractivity contribution in [2.24, 2.45) is 5.73 Å². The highest BCUT2D eigenvalue weighted by atomic mass is 16.5. The van der Waals surface area contributed by atoms with E-state index in [0.29, 0.717) is 11.5 Å². The molecule has 2 aromatic rings. The van der Waals surface area contributed by atoms with Crippen LogP contribution in [0.5, 0.6) is 11.5 Å². The highest BCUT2D eigenvalue weighted by molar-refractivity contribution is 5.92. The minimum atomic E-state index is 0.684. The maximum absolute atomic E-state index is 5.64. The van der Waals surface area contributed by atoms with Crippen LogP contribution in [0.2, 0.25) is 0 Å². The molecule has 2 N–H and O–H groups in total. The third-order valence-corrected chi connectivity index (χ3v) is 4.69. The van der Waals surface area contributed by atoms with Crippen molar-refractivity contribution in [1.82, 2.24) is 14.9 Å². The van der Waals surface area contributed by atoms with E-state index in [-0.39, 0.29) is 0 Å². The molecule has 0 aliphatic carbocycles. The number of hydrogen-bond donors (Lipinski definition) is 1. The summed E-state index contributed by atoms with van der Waals surface area (Å²) in [7, 11) is 3.28. The number of rotatable bonds is 6. The van der Waals surface area contributed by atoms with E-state index in [0.717, 1.165) is 68.8 Å². The van der Waals surface area contributed by atoms with Crippen molar-refractivity contribution in [2.75, 3.05) is 58.4 Å². The molecular formula is C18H27N5O2. The van der Waals surface area contributed by atoms with Crippen molar-refractivity contribution in [3.8, 4) is 11.5 Å². The molecule has 0 bridgehead atoms. The van der Waals surface area contributed by atoms with Gasteiger partial charge in [0.25, 0.3) is 0 Å². The Morgan fingerprint density at radius 2 is 1.84 bits per heavy atom. The summed E-state index contributed by atoms with van der Waals surface area (Å²) < 4.78 is 10.8. The summed E-state index contributed by atoms with van der Waals surface area (Å²) in [5, 5.41) is 0.996. The molecule has 3 rings (SSSR count). The van der Waals surface area contributed by atoms with Crippen molar-refractivity contribution in [1.29, 1.82) is 0 Å². The fourth-order valence-corrected chi connectivity index (χ4v) is 3.34. The van der Waals surface area contributed by atoms with E-state index >= 15 is 0 Å². The normalized spacial score (nSPS) is 16.0. The van der Waals surface area contributed by atoms with Crippen LogP contribution in [0, 0.1) is 0 Å². The Kier molecular flexibility index (Phi) is 5.88. The second-order valence-electron chi connectivity index (χ2n) is 6.25. The quantitative estimate of drug-likeness (QED) is 0.850. The predicted molar refractivity (Wildman–Crippen MR) is 99.6 cm³/mol. The first-order chi connectivity index (χ1) is 12.3. The highest BCUT2D eigenvalue weighted by Gasteiger charge is 2.19. The van der Waals surface area contributed by atoms with Crippen molar-refractivity contribution in [2.45, 2.75) is 12.8 Å². The van der Waals surface area contributed by atoms with Crippen LogP contribution in [0.15, 0.2) is 18.5 Å². The van der Waals surface area contributed by atoms with Gasteiger partial charge in [-0.1, -0.05) is 0 Å². The zero-order valence-electron chi connectivity index (χ0n) is 15.1. The van der Waals surface area contributed by atoms with Gasteiger partial charge in [-0.3, -0.25) is 0 Å². The van der Waals surface area contributed by atoms with Crippen LogP contribution in [-0.4, -0.2) is 68.4 Å². The molecule has 0 radical (unpaired) electrons. The third-order valence-electron chi connectivity index (χ3n) is 4.69. The lowest BCUT2D eigenvalue weighted by Crippen LogP contribution is -2.32. The molecule has 136 valence electrons. The van der Waals surface area contributed by atoms with Gasteiger partial charge in [0.15, 0.2) is 11.5 Å². The van der Waals surface area contributed by atoms with E-state index < -0.39 is 0 Å². The fourth-order valence-electron chi connectivity index (χ4n) is 3.34.